The highest BCUT2D eigenvalue weighted by Crippen LogP contribution is 2.23. The average molecular weight is 385 g/mol. The molecule has 150 valence electrons. The summed E-state index contributed by atoms with van der Waals surface area (Å²) >= 11 is 0. The molecule has 0 bridgehead atoms. The highest BCUT2D eigenvalue weighted by atomic mass is 16.2. The smallest absolute Gasteiger partial charge is 0.314 e. The van der Waals surface area contributed by atoms with Gasteiger partial charge in [-0.05, 0) is 18.1 Å². The molecule has 0 radical (unpaired) electrons. The number of anilines is 1. The number of nitrogens with one attached hydrogen (secondary N) is 1. The van der Waals surface area contributed by atoms with Crippen LogP contribution in [0.4, 0.5) is 10.6 Å². The molecule has 1 aliphatic rings. The van der Waals surface area contributed by atoms with Crippen LogP contribution in [0.25, 0.3) is 10.9 Å². The first-order valence-corrected chi connectivity index (χ1v) is 9.43. The lowest BCUT2D eigenvalue weighted by molar-refractivity contribution is -0.119. The van der Waals surface area contributed by atoms with Crippen molar-refractivity contribution in [1.82, 2.24) is 19.8 Å². The molecule has 0 unspecified atom stereocenters. The summed E-state index contributed by atoms with van der Waals surface area (Å²) in [6.07, 6.45) is 0. The fourth-order valence-electron chi connectivity index (χ4n) is 3.35. The van der Waals surface area contributed by atoms with Gasteiger partial charge in [0, 0.05) is 31.6 Å². The summed E-state index contributed by atoms with van der Waals surface area (Å²) in [7, 11) is 0. The molecule has 1 saturated heterocycles. The third-order valence-corrected chi connectivity index (χ3v) is 4.96. The third-order valence-electron chi connectivity index (χ3n) is 4.96. The topological polar surface area (TPSA) is 130 Å². The number of urea groups is 1. The fourth-order valence-corrected chi connectivity index (χ4v) is 3.35. The predicted octanol–water partition coefficient (Wildman–Crippen LogP) is 0.748. The van der Waals surface area contributed by atoms with Crippen molar-refractivity contribution in [3.05, 3.63) is 30.1 Å². The number of piperazine rings is 1. The summed E-state index contributed by atoms with van der Waals surface area (Å²) in [6, 6.07) is 6.76. The standard InChI is InChI=1S/C19H27N7O2/c1-12(2)16(17(20)27)24-18-13-5-3-4-6-14(13)22-15(23-18)11-25-7-9-26(10-8-25)19(21)28/h3-6,12,16H,7-11H2,1-2H3,(H2,20,27)(H2,21,28)(H,22,23,24)/t16-/m0/s1. The van der Waals surface area contributed by atoms with E-state index in [2.05, 4.69) is 20.2 Å². The Kier molecular flexibility index (Phi) is 5.93. The van der Waals surface area contributed by atoms with Crippen molar-refractivity contribution in [2.45, 2.75) is 26.4 Å². The van der Waals surface area contributed by atoms with E-state index in [4.69, 9.17) is 11.5 Å². The molecule has 1 fully saturated rings. The average Bonchev–Trinajstić information content (AvgIpc) is 2.65. The van der Waals surface area contributed by atoms with Gasteiger partial charge in [-0.15, -0.1) is 0 Å². The number of amides is 3. The second-order valence-electron chi connectivity index (χ2n) is 7.38. The van der Waals surface area contributed by atoms with E-state index in [9.17, 15) is 9.59 Å². The monoisotopic (exact) mass is 385 g/mol. The Morgan fingerprint density at radius 1 is 1.11 bits per heavy atom. The van der Waals surface area contributed by atoms with Gasteiger partial charge in [-0.2, -0.15) is 0 Å². The molecule has 9 nitrogen and oxygen atoms in total. The van der Waals surface area contributed by atoms with Crippen molar-refractivity contribution in [2.24, 2.45) is 17.4 Å². The highest BCUT2D eigenvalue weighted by molar-refractivity contribution is 5.91. The molecule has 0 spiro atoms. The van der Waals surface area contributed by atoms with Gasteiger partial charge in [0.2, 0.25) is 5.91 Å². The number of hydrogen-bond acceptors (Lipinski definition) is 6. The summed E-state index contributed by atoms with van der Waals surface area (Å²) in [5, 5.41) is 4.05. The van der Waals surface area contributed by atoms with Crippen LogP contribution in [0.1, 0.15) is 19.7 Å². The quantitative estimate of drug-likeness (QED) is 0.672. The fraction of sp³-hybridized carbons (Fsp3) is 0.474. The minimum atomic E-state index is -0.523. The van der Waals surface area contributed by atoms with Crippen LogP contribution < -0.4 is 16.8 Å². The van der Waals surface area contributed by atoms with Crippen LogP contribution in [0.15, 0.2) is 24.3 Å². The van der Waals surface area contributed by atoms with E-state index in [0.717, 1.165) is 10.9 Å². The maximum Gasteiger partial charge on any atom is 0.314 e. The van der Waals surface area contributed by atoms with E-state index in [1.165, 1.54) is 0 Å². The van der Waals surface area contributed by atoms with E-state index < -0.39 is 11.9 Å². The number of benzene rings is 1. The van der Waals surface area contributed by atoms with Gasteiger partial charge in [0.05, 0.1) is 12.1 Å². The van der Waals surface area contributed by atoms with Crippen LogP contribution in [0.2, 0.25) is 0 Å². The van der Waals surface area contributed by atoms with E-state index in [1.54, 1.807) is 4.90 Å². The van der Waals surface area contributed by atoms with Crippen molar-refractivity contribution in [3.63, 3.8) is 0 Å². The van der Waals surface area contributed by atoms with Gasteiger partial charge < -0.3 is 21.7 Å². The van der Waals surface area contributed by atoms with Crippen LogP contribution in [0.3, 0.4) is 0 Å². The molecule has 5 N–H and O–H groups in total. The number of primary amides is 2. The molecule has 2 heterocycles. The van der Waals surface area contributed by atoms with Crippen molar-refractivity contribution in [2.75, 3.05) is 31.5 Å². The lowest BCUT2D eigenvalue weighted by atomic mass is 10.0. The second kappa shape index (κ2) is 8.39. The van der Waals surface area contributed by atoms with Gasteiger partial charge in [-0.3, -0.25) is 9.69 Å². The molecule has 2 aromatic rings. The zero-order valence-corrected chi connectivity index (χ0v) is 16.3. The molecular formula is C19H27N7O2. The first-order valence-electron chi connectivity index (χ1n) is 9.43. The molecule has 3 amide bonds. The number of para-hydroxylation sites is 1. The van der Waals surface area contributed by atoms with Gasteiger partial charge in [0.1, 0.15) is 17.7 Å². The molecule has 0 saturated carbocycles. The van der Waals surface area contributed by atoms with Gasteiger partial charge in [-0.1, -0.05) is 26.0 Å². The molecule has 3 rings (SSSR count). The maximum absolute atomic E-state index is 11.8. The van der Waals surface area contributed by atoms with E-state index in [-0.39, 0.29) is 11.9 Å². The van der Waals surface area contributed by atoms with E-state index in [1.807, 2.05) is 38.1 Å². The Morgan fingerprint density at radius 3 is 2.39 bits per heavy atom. The zero-order chi connectivity index (χ0) is 20.3. The number of carbonyl (C=O) groups excluding carboxylic acids is 2. The highest BCUT2D eigenvalue weighted by Gasteiger charge is 2.23. The van der Waals surface area contributed by atoms with Crippen LogP contribution in [0.5, 0.6) is 0 Å². The van der Waals surface area contributed by atoms with Crippen LogP contribution in [0, 0.1) is 5.92 Å². The molecule has 1 aliphatic heterocycles. The molecular weight excluding hydrogens is 358 g/mol. The van der Waals surface area contributed by atoms with Gasteiger partial charge in [-0.25, -0.2) is 14.8 Å². The zero-order valence-electron chi connectivity index (χ0n) is 16.3. The minimum Gasteiger partial charge on any atom is -0.368 e. The van der Waals surface area contributed by atoms with Crippen LogP contribution in [-0.4, -0.2) is 63.9 Å². The van der Waals surface area contributed by atoms with Crippen molar-refractivity contribution in [1.29, 1.82) is 0 Å². The SMILES string of the molecule is CC(C)[C@H](Nc1nc(CN2CCN(C(N)=O)CC2)nc2ccccc12)C(N)=O. The van der Waals surface area contributed by atoms with E-state index in [0.29, 0.717) is 44.4 Å². The summed E-state index contributed by atoms with van der Waals surface area (Å²) in [6.45, 7) is 7.01. The minimum absolute atomic E-state index is 0.0246. The first kappa shape index (κ1) is 19.8. The molecule has 1 aromatic carbocycles. The first-order chi connectivity index (χ1) is 13.3. The number of nitrogens with two attached hydrogens (primary N) is 2. The number of aromatic nitrogens is 2. The van der Waals surface area contributed by atoms with Crippen LogP contribution in [-0.2, 0) is 11.3 Å². The lowest BCUT2D eigenvalue weighted by Crippen LogP contribution is -2.50. The largest absolute Gasteiger partial charge is 0.368 e. The Hall–Kier alpha value is -2.94. The molecule has 1 atom stereocenters. The number of rotatable bonds is 6. The summed E-state index contributed by atoms with van der Waals surface area (Å²) in [5.74, 6) is 0.868. The molecule has 9 heteroatoms. The van der Waals surface area contributed by atoms with E-state index >= 15 is 0 Å². The Morgan fingerprint density at radius 2 is 1.79 bits per heavy atom. The number of fused-ring (bicyclic) bond motifs is 1. The normalized spacial score (nSPS) is 16.3. The van der Waals surface area contributed by atoms with Gasteiger partial charge >= 0.3 is 6.03 Å². The van der Waals surface area contributed by atoms with Crippen LogP contribution >= 0.6 is 0 Å². The van der Waals surface area contributed by atoms with Gasteiger partial charge in [0.25, 0.3) is 0 Å². The molecule has 28 heavy (non-hydrogen) atoms. The number of hydrogen-bond donors (Lipinski definition) is 3. The van der Waals surface area contributed by atoms with Crippen molar-refractivity contribution in [3.8, 4) is 0 Å². The van der Waals surface area contributed by atoms with Crippen molar-refractivity contribution >= 4 is 28.7 Å². The van der Waals surface area contributed by atoms with Crippen molar-refractivity contribution < 1.29 is 9.59 Å². The second-order valence-corrected chi connectivity index (χ2v) is 7.38. The van der Waals surface area contributed by atoms with Gasteiger partial charge in [0.15, 0.2) is 0 Å². The molecule has 0 aliphatic carbocycles. The number of carbonyl (C=O) groups is 2. The maximum atomic E-state index is 11.8. The Bertz CT molecular complexity index is 862. The Labute approximate surface area is 164 Å². The summed E-state index contributed by atoms with van der Waals surface area (Å²) < 4.78 is 0. The third kappa shape index (κ3) is 4.48. The Balaban J connectivity index is 1.84. The lowest BCUT2D eigenvalue weighted by Gasteiger charge is -2.33. The molecule has 1 aromatic heterocycles. The summed E-state index contributed by atoms with van der Waals surface area (Å²) in [5.41, 5.74) is 11.7. The number of nitrogens with zero attached hydrogens (tertiary/aromatic N) is 4. The predicted molar refractivity (Wildman–Crippen MR) is 107 cm³/mol. The summed E-state index contributed by atoms with van der Waals surface area (Å²) in [4.78, 5) is 36.3.